The summed E-state index contributed by atoms with van der Waals surface area (Å²) in [5.41, 5.74) is 3.35. The van der Waals surface area contributed by atoms with E-state index < -0.39 is 0 Å². The summed E-state index contributed by atoms with van der Waals surface area (Å²) < 4.78 is 6.38. The minimum Gasteiger partial charge on any atom is -0.490 e. The minimum absolute atomic E-state index is 0.326. The molecule has 1 amide bonds. The number of halogens is 1. The zero-order valence-corrected chi connectivity index (χ0v) is 14.8. The van der Waals surface area contributed by atoms with Crippen LogP contribution in [0.1, 0.15) is 15.2 Å². The van der Waals surface area contributed by atoms with E-state index >= 15 is 0 Å². The second-order valence-corrected chi connectivity index (χ2v) is 6.54. The fraction of sp³-hybridized carbons (Fsp3) is 0.0526. The zero-order valence-electron chi connectivity index (χ0n) is 13.2. The molecule has 6 heteroatoms. The van der Waals surface area contributed by atoms with Crippen molar-refractivity contribution < 1.29 is 9.53 Å². The number of nitrogens with one attached hydrogen (secondary N) is 1. The third-order valence-corrected chi connectivity index (χ3v) is 5.04. The molecule has 126 valence electrons. The number of rotatable bonds is 6. The van der Waals surface area contributed by atoms with Gasteiger partial charge in [-0.25, -0.2) is 5.43 Å². The summed E-state index contributed by atoms with van der Waals surface area (Å²) in [5.74, 6) is 0.423. The molecule has 0 atom stereocenters. The first-order valence-electron chi connectivity index (χ1n) is 7.53. The highest BCUT2D eigenvalue weighted by molar-refractivity contribution is 7.21. The number of nitrogens with zero attached hydrogens (tertiary/aromatic N) is 1. The highest BCUT2D eigenvalue weighted by Crippen LogP contribution is 2.34. The Morgan fingerprint density at radius 3 is 2.72 bits per heavy atom. The normalized spacial score (nSPS) is 10.9. The van der Waals surface area contributed by atoms with Gasteiger partial charge in [0.25, 0.3) is 5.91 Å². The van der Waals surface area contributed by atoms with Gasteiger partial charge in [0, 0.05) is 10.1 Å². The number of carbonyl (C=O) groups excluding carboxylic acids is 1. The fourth-order valence-corrected chi connectivity index (χ4v) is 3.59. The van der Waals surface area contributed by atoms with Gasteiger partial charge in [-0.1, -0.05) is 42.5 Å². The van der Waals surface area contributed by atoms with Gasteiger partial charge < -0.3 is 4.74 Å². The van der Waals surface area contributed by atoms with E-state index in [1.807, 2.05) is 48.5 Å². The Morgan fingerprint density at radius 1 is 1.24 bits per heavy atom. The summed E-state index contributed by atoms with van der Waals surface area (Å²) >= 11 is 7.63. The van der Waals surface area contributed by atoms with Crippen LogP contribution in [0.15, 0.2) is 66.3 Å². The van der Waals surface area contributed by atoms with Crippen molar-refractivity contribution in [2.75, 3.05) is 6.61 Å². The van der Waals surface area contributed by atoms with Crippen molar-refractivity contribution in [2.45, 2.75) is 0 Å². The first kappa shape index (κ1) is 17.2. The first-order valence-corrected chi connectivity index (χ1v) is 8.72. The molecule has 0 bridgehead atoms. The van der Waals surface area contributed by atoms with Crippen molar-refractivity contribution in [1.82, 2.24) is 5.43 Å². The van der Waals surface area contributed by atoms with Crippen molar-refractivity contribution >= 4 is 45.1 Å². The van der Waals surface area contributed by atoms with Gasteiger partial charge in [-0.15, -0.1) is 11.3 Å². The van der Waals surface area contributed by atoms with Gasteiger partial charge in [-0.2, -0.15) is 5.10 Å². The number of hydrogen-bond donors (Lipinski definition) is 1. The number of thiophene rings is 1. The molecule has 1 N–H and O–H groups in total. The lowest BCUT2D eigenvalue weighted by Gasteiger charge is -2.02. The molecule has 0 fully saturated rings. The molecule has 0 unspecified atom stereocenters. The molecule has 3 aromatic rings. The third-order valence-electron chi connectivity index (χ3n) is 3.37. The average molecular weight is 371 g/mol. The summed E-state index contributed by atoms with van der Waals surface area (Å²) in [6.07, 6.45) is 3.25. The Labute approximate surface area is 154 Å². The standard InChI is InChI=1S/C19H15ClN2O2S/c1-2-11-24-14-9-7-13(8-10-14)12-21-22-19(23)18-17(20)15-5-3-4-6-16(15)25-18/h2-10,12H,1,11H2,(H,22,23)/b21-12+. The first-order chi connectivity index (χ1) is 12.2. The van der Waals surface area contributed by atoms with Gasteiger partial charge in [0.05, 0.1) is 11.2 Å². The molecule has 25 heavy (non-hydrogen) atoms. The molecule has 1 heterocycles. The van der Waals surface area contributed by atoms with Crippen LogP contribution in [0.25, 0.3) is 10.1 Å². The van der Waals surface area contributed by atoms with Gasteiger partial charge >= 0.3 is 0 Å². The summed E-state index contributed by atoms with van der Waals surface area (Å²) in [6, 6.07) is 15.0. The molecule has 2 aromatic carbocycles. The number of ether oxygens (including phenoxy) is 1. The van der Waals surface area contributed by atoms with Crippen molar-refractivity contribution in [2.24, 2.45) is 5.10 Å². The second kappa shape index (κ2) is 7.96. The van der Waals surface area contributed by atoms with Crippen LogP contribution < -0.4 is 10.2 Å². The van der Waals surface area contributed by atoms with E-state index in [1.165, 1.54) is 11.3 Å². The van der Waals surface area contributed by atoms with E-state index in [0.29, 0.717) is 16.5 Å². The number of carbonyl (C=O) groups is 1. The minimum atomic E-state index is -0.326. The van der Waals surface area contributed by atoms with Gasteiger partial charge in [-0.05, 0) is 35.9 Å². The Kier molecular flexibility index (Phi) is 5.48. The number of benzene rings is 2. The maximum atomic E-state index is 12.3. The number of hydrazone groups is 1. The summed E-state index contributed by atoms with van der Waals surface area (Å²) in [6.45, 7) is 4.06. The van der Waals surface area contributed by atoms with Crippen LogP contribution in [0.4, 0.5) is 0 Å². The molecular weight excluding hydrogens is 356 g/mol. The van der Waals surface area contributed by atoms with Crippen LogP contribution >= 0.6 is 22.9 Å². The van der Waals surface area contributed by atoms with Gasteiger partial charge in [-0.3, -0.25) is 4.79 Å². The third kappa shape index (κ3) is 4.07. The van der Waals surface area contributed by atoms with Crippen LogP contribution in [-0.2, 0) is 0 Å². The van der Waals surface area contributed by atoms with Gasteiger partial charge in [0.2, 0.25) is 0 Å². The summed E-state index contributed by atoms with van der Waals surface area (Å²) in [5, 5.41) is 5.32. The quantitative estimate of drug-likeness (QED) is 0.382. The fourth-order valence-electron chi connectivity index (χ4n) is 2.18. The van der Waals surface area contributed by atoms with Crippen LogP contribution in [-0.4, -0.2) is 18.7 Å². The van der Waals surface area contributed by atoms with Gasteiger partial charge in [0.15, 0.2) is 0 Å². The van der Waals surface area contributed by atoms with Gasteiger partial charge in [0.1, 0.15) is 17.2 Å². The maximum absolute atomic E-state index is 12.3. The highest BCUT2D eigenvalue weighted by Gasteiger charge is 2.16. The molecule has 4 nitrogen and oxygen atoms in total. The van der Waals surface area contributed by atoms with E-state index in [4.69, 9.17) is 16.3 Å². The second-order valence-electron chi connectivity index (χ2n) is 5.11. The summed E-state index contributed by atoms with van der Waals surface area (Å²) in [4.78, 5) is 12.7. The van der Waals surface area contributed by atoms with E-state index in [9.17, 15) is 4.79 Å². The highest BCUT2D eigenvalue weighted by atomic mass is 35.5. The Hall–Kier alpha value is -2.63. The van der Waals surface area contributed by atoms with E-state index in [1.54, 1.807) is 12.3 Å². The number of amides is 1. The Bertz CT molecular complexity index is 932. The van der Waals surface area contributed by atoms with Crippen LogP contribution in [0.5, 0.6) is 5.75 Å². The smallest absolute Gasteiger partial charge is 0.283 e. The van der Waals surface area contributed by atoms with Crippen LogP contribution in [0.2, 0.25) is 5.02 Å². The number of fused-ring (bicyclic) bond motifs is 1. The number of hydrogen-bond acceptors (Lipinski definition) is 4. The molecule has 1 aromatic heterocycles. The molecule has 0 aliphatic carbocycles. The monoisotopic (exact) mass is 370 g/mol. The zero-order chi connectivity index (χ0) is 17.6. The Balaban J connectivity index is 1.65. The molecule has 0 spiro atoms. The average Bonchev–Trinajstić information content (AvgIpc) is 2.98. The molecule has 0 saturated heterocycles. The largest absolute Gasteiger partial charge is 0.490 e. The van der Waals surface area contributed by atoms with Crippen molar-refractivity contribution in [1.29, 1.82) is 0 Å². The Morgan fingerprint density at radius 2 is 2.00 bits per heavy atom. The van der Waals surface area contributed by atoms with Crippen LogP contribution in [0.3, 0.4) is 0 Å². The SMILES string of the molecule is C=CCOc1ccc(/C=N/NC(=O)c2sc3ccccc3c2Cl)cc1. The van der Waals surface area contributed by atoms with E-state index in [-0.39, 0.29) is 5.91 Å². The lowest BCUT2D eigenvalue weighted by atomic mass is 10.2. The summed E-state index contributed by atoms with van der Waals surface area (Å²) in [7, 11) is 0. The maximum Gasteiger partial charge on any atom is 0.283 e. The van der Waals surface area contributed by atoms with Crippen molar-refractivity contribution in [3.63, 3.8) is 0 Å². The van der Waals surface area contributed by atoms with Crippen LogP contribution in [0, 0.1) is 0 Å². The van der Waals surface area contributed by atoms with E-state index in [0.717, 1.165) is 21.4 Å². The van der Waals surface area contributed by atoms with Crippen molar-refractivity contribution in [3.05, 3.63) is 76.6 Å². The molecule has 3 rings (SSSR count). The molecule has 0 aliphatic heterocycles. The lowest BCUT2D eigenvalue weighted by Crippen LogP contribution is -2.16. The molecule has 0 radical (unpaired) electrons. The predicted octanol–water partition coefficient (Wildman–Crippen LogP) is 4.88. The molecular formula is C19H15ClN2O2S. The van der Waals surface area contributed by atoms with E-state index in [2.05, 4.69) is 17.1 Å². The lowest BCUT2D eigenvalue weighted by molar-refractivity contribution is 0.0959. The molecule has 0 saturated carbocycles. The van der Waals surface area contributed by atoms with Crippen molar-refractivity contribution in [3.8, 4) is 5.75 Å². The molecule has 0 aliphatic rings. The predicted molar refractivity (Wildman–Crippen MR) is 104 cm³/mol. The topological polar surface area (TPSA) is 50.7 Å².